The highest BCUT2D eigenvalue weighted by molar-refractivity contribution is 7.89. The number of unbranched alkanes of at least 4 members (excludes halogenated alkanes) is 1. The number of sulfonamides is 1. The van der Waals surface area contributed by atoms with Crippen molar-refractivity contribution < 1.29 is 18.3 Å². The number of primary sulfonamides is 1. The lowest BCUT2D eigenvalue weighted by Gasteiger charge is -2.06. The van der Waals surface area contributed by atoms with E-state index in [-0.39, 0.29) is 11.3 Å². The Morgan fingerprint density at radius 2 is 1.83 bits per heavy atom. The maximum absolute atomic E-state index is 11.0. The molecule has 0 aromatic heterocycles. The normalized spacial score (nSPS) is 11.2. The van der Waals surface area contributed by atoms with E-state index in [1.165, 1.54) is 12.1 Å². The summed E-state index contributed by atoms with van der Waals surface area (Å²) >= 11 is 0. The predicted octanol–water partition coefficient (Wildman–Crippen LogP) is 1.00. The molecule has 0 aliphatic heterocycles. The molecule has 0 fully saturated rings. The summed E-state index contributed by atoms with van der Waals surface area (Å²) in [6.07, 6.45) is 1.51. The zero-order valence-corrected chi connectivity index (χ0v) is 10.6. The molecule has 4 N–H and O–H groups in total. The number of nitrogens with two attached hydrogens (primary N) is 1. The zero-order valence-electron chi connectivity index (χ0n) is 9.80. The number of carbonyl (C=O) groups is 1. The van der Waals surface area contributed by atoms with Gasteiger partial charge in [0.2, 0.25) is 10.0 Å². The van der Waals surface area contributed by atoms with Gasteiger partial charge in [-0.15, -0.1) is 0 Å². The standard InChI is InChI=1S/C11H16N2O4S/c12-18(16,17)10-6-4-9(5-7-10)13-8-2-1-3-11(14)15/h4-7,13H,1-3,8H2,(H,14,15)(H2,12,16,17). The van der Waals surface area contributed by atoms with Crippen LogP contribution in [0.5, 0.6) is 0 Å². The Kier molecular flexibility index (Phi) is 5.11. The van der Waals surface area contributed by atoms with Crippen LogP contribution in [0.4, 0.5) is 5.69 Å². The summed E-state index contributed by atoms with van der Waals surface area (Å²) in [6, 6.07) is 6.09. The summed E-state index contributed by atoms with van der Waals surface area (Å²) in [5.74, 6) is -0.799. The molecule has 0 unspecified atom stereocenters. The van der Waals surface area contributed by atoms with Crippen LogP contribution in [-0.4, -0.2) is 26.0 Å². The summed E-state index contributed by atoms with van der Waals surface area (Å²) in [5.41, 5.74) is 0.776. The van der Waals surface area contributed by atoms with Crippen molar-refractivity contribution in [3.05, 3.63) is 24.3 Å². The average Bonchev–Trinajstić information content (AvgIpc) is 2.27. The molecule has 18 heavy (non-hydrogen) atoms. The molecule has 1 aromatic carbocycles. The van der Waals surface area contributed by atoms with Gasteiger partial charge in [0.25, 0.3) is 0 Å². The third-order valence-electron chi connectivity index (χ3n) is 2.33. The number of carboxylic acid groups (broad SMARTS) is 1. The summed E-state index contributed by atoms with van der Waals surface area (Å²) < 4.78 is 22.0. The number of rotatable bonds is 7. The van der Waals surface area contributed by atoms with Crippen LogP contribution in [-0.2, 0) is 14.8 Å². The first-order chi connectivity index (χ1) is 8.39. The van der Waals surface area contributed by atoms with Gasteiger partial charge in [-0.1, -0.05) is 0 Å². The highest BCUT2D eigenvalue weighted by Crippen LogP contribution is 2.12. The monoisotopic (exact) mass is 272 g/mol. The van der Waals surface area contributed by atoms with E-state index in [1.807, 2.05) is 0 Å². The van der Waals surface area contributed by atoms with Gasteiger partial charge in [-0.25, -0.2) is 13.6 Å². The number of hydrogen-bond donors (Lipinski definition) is 3. The van der Waals surface area contributed by atoms with Gasteiger partial charge >= 0.3 is 5.97 Å². The minimum atomic E-state index is -3.65. The maximum atomic E-state index is 11.0. The third-order valence-corrected chi connectivity index (χ3v) is 3.26. The highest BCUT2D eigenvalue weighted by atomic mass is 32.2. The fraction of sp³-hybridized carbons (Fsp3) is 0.364. The van der Waals surface area contributed by atoms with Crippen LogP contribution < -0.4 is 10.5 Å². The van der Waals surface area contributed by atoms with Gasteiger partial charge in [0.15, 0.2) is 0 Å². The van der Waals surface area contributed by atoms with E-state index in [4.69, 9.17) is 10.2 Å². The van der Waals surface area contributed by atoms with Crippen molar-refractivity contribution in [3.8, 4) is 0 Å². The van der Waals surface area contributed by atoms with Crippen molar-refractivity contribution in [1.29, 1.82) is 0 Å². The van der Waals surface area contributed by atoms with Crippen molar-refractivity contribution in [2.45, 2.75) is 24.2 Å². The van der Waals surface area contributed by atoms with Crippen molar-refractivity contribution in [2.24, 2.45) is 5.14 Å². The number of hydrogen-bond acceptors (Lipinski definition) is 4. The molecule has 0 saturated heterocycles. The molecule has 0 atom stereocenters. The van der Waals surface area contributed by atoms with Gasteiger partial charge in [0, 0.05) is 18.7 Å². The molecule has 0 aliphatic carbocycles. The fourth-order valence-corrected chi connectivity index (χ4v) is 1.91. The summed E-state index contributed by atoms with van der Waals surface area (Å²) in [7, 11) is -3.65. The molecule has 0 radical (unpaired) electrons. The van der Waals surface area contributed by atoms with E-state index in [0.29, 0.717) is 13.0 Å². The van der Waals surface area contributed by atoms with Gasteiger partial charge in [0.05, 0.1) is 4.90 Å². The van der Waals surface area contributed by atoms with Gasteiger partial charge < -0.3 is 10.4 Å². The van der Waals surface area contributed by atoms with Gasteiger partial charge in [-0.3, -0.25) is 4.79 Å². The van der Waals surface area contributed by atoms with Crippen LogP contribution in [0.1, 0.15) is 19.3 Å². The van der Waals surface area contributed by atoms with E-state index in [9.17, 15) is 13.2 Å². The molecule has 7 heteroatoms. The van der Waals surface area contributed by atoms with E-state index >= 15 is 0 Å². The molecule has 0 amide bonds. The van der Waals surface area contributed by atoms with Gasteiger partial charge in [-0.05, 0) is 37.1 Å². The molecule has 100 valence electrons. The Morgan fingerprint density at radius 3 is 2.33 bits per heavy atom. The van der Waals surface area contributed by atoms with Gasteiger partial charge in [0.1, 0.15) is 0 Å². The van der Waals surface area contributed by atoms with Crippen molar-refractivity contribution in [1.82, 2.24) is 0 Å². The first-order valence-corrected chi connectivity index (χ1v) is 7.03. The molecule has 6 nitrogen and oxygen atoms in total. The topological polar surface area (TPSA) is 109 Å². The number of carboxylic acids is 1. The van der Waals surface area contributed by atoms with Gasteiger partial charge in [-0.2, -0.15) is 0 Å². The van der Waals surface area contributed by atoms with Crippen LogP contribution in [0.3, 0.4) is 0 Å². The maximum Gasteiger partial charge on any atom is 0.303 e. The molecule has 1 aromatic rings. The molecule has 0 heterocycles. The first-order valence-electron chi connectivity index (χ1n) is 5.48. The fourth-order valence-electron chi connectivity index (χ4n) is 1.40. The number of nitrogens with one attached hydrogen (secondary N) is 1. The van der Waals surface area contributed by atoms with Crippen LogP contribution >= 0.6 is 0 Å². The SMILES string of the molecule is NS(=O)(=O)c1ccc(NCCCCC(=O)O)cc1. The lowest BCUT2D eigenvalue weighted by molar-refractivity contribution is -0.137. The summed E-state index contributed by atoms with van der Waals surface area (Å²) in [4.78, 5) is 10.3. The lowest BCUT2D eigenvalue weighted by Crippen LogP contribution is -2.12. The van der Waals surface area contributed by atoms with Crippen LogP contribution in [0.2, 0.25) is 0 Å². The second-order valence-electron chi connectivity index (χ2n) is 3.85. The molecule has 0 aliphatic rings. The van der Waals surface area contributed by atoms with E-state index in [0.717, 1.165) is 12.1 Å². The quantitative estimate of drug-likeness (QED) is 0.641. The van der Waals surface area contributed by atoms with E-state index in [2.05, 4.69) is 5.32 Å². The second-order valence-corrected chi connectivity index (χ2v) is 5.41. The molecule has 1 rings (SSSR count). The Hall–Kier alpha value is -1.60. The van der Waals surface area contributed by atoms with Crippen molar-refractivity contribution in [3.63, 3.8) is 0 Å². The number of aliphatic carboxylic acids is 1. The predicted molar refractivity (Wildman–Crippen MR) is 67.8 cm³/mol. The Balaban J connectivity index is 2.38. The van der Waals surface area contributed by atoms with E-state index < -0.39 is 16.0 Å². The molecule has 0 saturated carbocycles. The highest BCUT2D eigenvalue weighted by Gasteiger charge is 2.06. The molecule has 0 bridgehead atoms. The Bertz CT molecular complexity index is 496. The average molecular weight is 272 g/mol. The Morgan fingerprint density at radius 1 is 1.22 bits per heavy atom. The second kappa shape index (κ2) is 6.36. The Labute approximate surface area is 106 Å². The summed E-state index contributed by atoms with van der Waals surface area (Å²) in [6.45, 7) is 0.641. The largest absolute Gasteiger partial charge is 0.481 e. The van der Waals surface area contributed by atoms with Crippen LogP contribution in [0.25, 0.3) is 0 Å². The molecular formula is C11H16N2O4S. The lowest BCUT2D eigenvalue weighted by atomic mass is 10.2. The van der Waals surface area contributed by atoms with Crippen molar-refractivity contribution >= 4 is 21.7 Å². The van der Waals surface area contributed by atoms with Crippen LogP contribution in [0, 0.1) is 0 Å². The minimum Gasteiger partial charge on any atom is -0.481 e. The third kappa shape index (κ3) is 5.15. The molecular weight excluding hydrogens is 256 g/mol. The zero-order chi connectivity index (χ0) is 13.6. The minimum absolute atomic E-state index is 0.0685. The van der Waals surface area contributed by atoms with Crippen molar-refractivity contribution in [2.75, 3.05) is 11.9 Å². The van der Waals surface area contributed by atoms with E-state index in [1.54, 1.807) is 12.1 Å². The number of anilines is 1. The first kappa shape index (κ1) is 14.5. The summed E-state index contributed by atoms with van der Waals surface area (Å²) in [5, 5.41) is 16.5. The smallest absolute Gasteiger partial charge is 0.303 e. The molecule has 0 spiro atoms. The number of benzene rings is 1. The van der Waals surface area contributed by atoms with Crippen LogP contribution in [0.15, 0.2) is 29.2 Å².